The maximum absolute atomic E-state index is 13.0. The van der Waals surface area contributed by atoms with Crippen LogP contribution in [0.1, 0.15) is 5.56 Å². The highest BCUT2D eigenvalue weighted by atomic mass is 35.5. The van der Waals surface area contributed by atoms with Crippen molar-refractivity contribution in [2.75, 3.05) is 11.1 Å². The van der Waals surface area contributed by atoms with E-state index in [-0.39, 0.29) is 5.56 Å². The molecule has 2 aromatic carbocycles. The molecule has 0 amide bonds. The van der Waals surface area contributed by atoms with Gasteiger partial charge in [0.15, 0.2) is 0 Å². The number of benzene rings is 2. The molecule has 0 radical (unpaired) electrons. The van der Waals surface area contributed by atoms with Gasteiger partial charge in [0.05, 0.1) is 22.0 Å². The molecule has 0 bridgehead atoms. The van der Waals surface area contributed by atoms with Crippen LogP contribution in [0.2, 0.25) is 5.02 Å². The fraction of sp³-hybridized carbons (Fsp3) is 0. The summed E-state index contributed by atoms with van der Waals surface area (Å²) in [5, 5.41) is 12.3. The summed E-state index contributed by atoms with van der Waals surface area (Å²) in [6.07, 6.45) is 0. The van der Waals surface area contributed by atoms with Gasteiger partial charge in [-0.1, -0.05) is 11.6 Å². The van der Waals surface area contributed by atoms with Gasteiger partial charge < -0.3 is 11.1 Å². The van der Waals surface area contributed by atoms with E-state index in [1.54, 1.807) is 18.2 Å². The van der Waals surface area contributed by atoms with Crippen molar-refractivity contribution >= 4 is 28.7 Å². The molecule has 0 aliphatic carbocycles. The molecule has 18 heavy (non-hydrogen) atoms. The first-order valence-corrected chi connectivity index (χ1v) is 5.49. The summed E-state index contributed by atoms with van der Waals surface area (Å²) in [6.45, 7) is 0. The van der Waals surface area contributed by atoms with Gasteiger partial charge in [-0.05, 0) is 36.4 Å². The third-order valence-electron chi connectivity index (χ3n) is 2.36. The number of halogens is 2. The van der Waals surface area contributed by atoms with Gasteiger partial charge in [-0.25, -0.2) is 4.39 Å². The molecule has 0 unspecified atom stereocenters. The Bertz CT molecular complexity index is 635. The van der Waals surface area contributed by atoms with Crippen molar-refractivity contribution in [3.05, 3.63) is 52.8 Å². The van der Waals surface area contributed by atoms with Crippen molar-refractivity contribution in [1.82, 2.24) is 0 Å². The van der Waals surface area contributed by atoms with Gasteiger partial charge in [0.25, 0.3) is 0 Å². The minimum atomic E-state index is -0.458. The highest BCUT2D eigenvalue weighted by Crippen LogP contribution is 2.28. The molecule has 0 aliphatic rings. The lowest BCUT2D eigenvalue weighted by Crippen LogP contribution is -1.96. The number of rotatable bonds is 2. The van der Waals surface area contributed by atoms with E-state index in [4.69, 9.17) is 22.6 Å². The maximum Gasteiger partial charge on any atom is 0.124 e. The Balaban J connectivity index is 2.37. The zero-order valence-corrected chi connectivity index (χ0v) is 10.0. The molecule has 0 heterocycles. The molecular weight excluding hydrogens is 253 g/mol. The molecule has 2 rings (SSSR count). The van der Waals surface area contributed by atoms with E-state index in [1.165, 1.54) is 12.1 Å². The minimum Gasteiger partial charge on any atom is -0.399 e. The van der Waals surface area contributed by atoms with Crippen LogP contribution in [0.25, 0.3) is 0 Å². The normalized spacial score (nSPS) is 9.83. The lowest BCUT2D eigenvalue weighted by Gasteiger charge is -2.10. The Morgan fingerprint density at radius 3 is 2.56 bits per heavy atom. The fourth-order valence-electron chi connectivity index (χ4n) is 1.50. The molecule has 0 spiro atoms. The fourth-order valence-corrected chi connectivity index (χ4v) is 1.73. The van der Waals surface area contributed by atoms with Gasteiger partial charge in [-0.3, -0.25) is 0 Å². The Hall–Kier alpha value is -2.25. The molecule has 0 fully saturated rings. The van der Waals surface area contributed by atoms with E-state index in [2.05, 4.69) is 5.32 Å². The molecule has 0 aliphatic heterocycles. The SMILES string of the molecule is N#Cc1cc(F)ccc1Nc1ccc(N)cc1Cl. The summed E-state index contributed by atoms with van der Waals surface area (Å²) in [6, 6.07) is 10.8. The number of hydrogen-bond acceptors (Lipinski definition) is 3. The molecular formula is C13H9ClFN3. The number of nitriles is 1. The molecule has 90 valence electrons. The summed E-state index contributed by atoms with van der Waals surface area (Å²) in [4.78, 5) is 0. The third kappa shape index (κ3) is 2.53. The number of nitrogen functional groups attached to an aromatic ring is 1. The van der Waals surface area contributed by atoms with Crippen molar-refractivity contribution in [3.8, 4) is 6.07 Å². The Morgan fingerprint density at radius 1 is 1.17 bits per heavy atom. The van der Waals surface area contributed by atoms with Crippen molar-refractivity contribution in [2.45, 2.75) is 0 Å². The summed E-state index contributed by atoms with van der Waals surface area (Å²) < 4.78 is 13.0. The lowest BCUT2D eigenvalue weighted by molar-refractivity contribution is 0.627. The maximum atomic E-state index is 13.0. The van der Waals surface area contributed by atoms with E-state index in [0.717, 1.165) is 6.07 Å². The van der Waals surface area contributed by atoms with E-state index in [1.807, 2.05) is 6.07 Å². The molecule has 3 nitrogen and oxygen atoms in total. The van der Waals surface area contributed by atoms with E-state index >= 15 is 0 Å². The minimum absolute atomic E-state index is 0.211. The number of nitrogens with one attached hydrogen (secondary N) is 1. The van der Waals surface area contributed by atoms with Gasteiger partial charge in [0, 0.05) is 5.69 Å². The first kappa shape index (κ1) is 12.2. The van der Waals surface area contributed by atoms with Crippen LogP contribution in [0.5, 0.6) is 0 Å². The third-order valence-corrected chi connectivity index (χ3v) is 2.68. The summed E-state index contributed by atoms with van der Waals surface area (Å²) in [7, 11) is 0. The second-order valence-electron chi connectivity index (χ2n) is 3.67. The largest absolute Gasteiger partial charge is 0.399 e. The average molecular weight is 262 g/mol. The quantitative estimate of drug-likeness (QED) is 0.811. The Labute approximate surface area is 109 Å². The number of hydrogen-bond donors (Lipinski definition) is 2. The van der Waals surface area contributed by atoms with Crippen molar-refractivity contribution < 1.29 is 4.39 Å². The average Bonchev–Trinajstić information content (AvgIpc) is 2.34. The van der Waals surface area contributed by atoms with Gasteiger partial charge in [0.2, 0.25) is 0 Å². The highest BCUT2D eigenvalue weighted by molar-refractivity contribution is 6.33. The molecule has 0 saturated carbocycles. The van der Waals surface area contributed by atoms with Gasteiger partial charge in [0.1, 0.15) is 11.9 Å². The van der Waals surface area contributed by atoms with Crippen LogP contribution >= 0.6 is 11.6 Å². The highest BCUT2D eigenvalue weighted by Gasteiger charge is 2.06. The van der Waals surface area contributed by atoms with Crippen LogP contribution in [0.15, 0.2) is 36.4 Å². The number of nitrogens with zero attached hydrogens (tertiary/aromatic N) is 1. The first-order chi connectivity index (χ1) is 8.60. The monoisotopic (exact) mass is 261 g/mol. The number of anilines is 3. The summed E-state index contributed by atoms with van der Waals surface area (Å²) >= 11 is 6.01. The van der Waals surface area contributed by atoms with Crippen LogP contribution in [0, 0.1) is 17.1 Å². The van der Waals surface area contributed by atoms with Crippen LogP contribution < -0.4 is 11.1 Å². The van der Waals surface area contributed by atoms with Crippen molar-refractivity contribution in [3.63, 3.8) is 0 Å². The summed E-state index contributed by atoms with van der Waals surface area (Å²) in [5.74, 6) is -0.458. The van der Waals surface area contributed by atoms with E-state index in [9.17, 15) is 4.39 Å². The van der Waals surface area contributed by atoms with Crippen LogP contribution in [0.3, 0.4) is 0 Å². The smallest absolute Gasteiger partial charge is 0.124 e. The standard InChI is InChI=1S/C13H9ClFN3/c14-11-6-10(17)2-4-13(11)18-12-3-1-9(15)5-8(12)7-16/h1-6,18H,17H2. The molecule has 0 saturated heterocycles. The van der Waals surface area contributed by atoms with Crippen LogP contribution in [-0.2, 0) is 0 Å². The predicted molar refractivity (Wildman–Crippen MR) is 70.3 cm³/mol. The van der Waals surface area contributed by atoms with Crippen LogP contribution in [-0.4, -0.2) is 0 Å². The van der Waals surface area contributed by atoms with Gasteiger partial charge in [-0.2, -0.15) is 5.26 Å². The Morgan fingerprint density at radius 2 is 1.89 bits per heavy atom. The molecule has 3 N–H and O–H groups in total. The zero-order valence-electron chi connectivity index (χ0n) is 9.24. The molecule has 0 atom stereocenters. The van der Waals surface area contributed by atoms with Crippen LogP contribution in [0.4, 0.5) is 21.5 Å². The number of nitrogens with two attached hydrogens (primary N) is 1. The van der Waals surface area contributed by atoms with Crippen molar-refractivity contribution in [1.29, 1.82) is 5.26 Å². The lowest BCUT2D eigenvalue weighted by atomic mass is 10.1. The van der Waals surface area contributed by atoms with Crippen molar-refractivity contribution in [2.24, 2.45) is 0 Å². The van der Waals surface area contributed by atoms with Gasteiger partial charge in [-0.15, -0.1) is 0 Å². The van der Waals surface area contributed by atoms with E-state index < -0.39 is 5.82 Å². The molecule has 0 aromatic heterocycles. The zero-order chi connectivity index (χ0) is 13.1. The Kier molecular flexibility index (Phi) is 3.35. The second kappa shape index (κ2) is 4.94. The predicted octanol–water partition coefficient (Wildman–Crippen LogP) is 3.68. The second-order valence-corrected chi connectivity index (χ2v) is 4.07. The summed E-state index contributed by atoms with van der Waals surface area (Å²) in [5.41, 5.74) is 7.44. The van der Waals surface area contributed by atoms with E-state index in [0.29, 0.717) is 22.1 Å². The van der Waals surface area contributed by atoms with Gasteiger partial charge >= 0.3 is 0 Å². The molecule has 2 aromatic rings. The topological polar surface area (TPSA) is 61.8 Å². The molecule has 5 heteroatoms. The first-order valence-electron chi connectivity index (χ1n) is 5.12.